The number of fused-ring (bicyclic) bond motifs is 1. The topological polar surface area (TPSA) is 73.4 Å². The normalized spacial score (nSPS) is 17.3. The molecule has 5 nitrogen and oxygen atoms in total. The molecular weight excluding hydrogens is 336 g/mol. The van der Waals surface area contributed by atoms with Gasteiger partial charge in [-0.3, -0.25) is 4.79 Å². The van der Waals surface area contributed by atoms with Crippen LogP contribution in [-0.4, -0.2) is 33.4 Å². The summed E-state index contributed by atoms with van der Waals surface area (Å²) >= 11 is 1.27. The Balaban J connectivity index is 1.55. The maximum atomic E-state index is 12.9. The number of nitrogens with one attached hydrogen (secondary N) is 1. The van der Waals surface area contributed by atoms with Crippen LogP contribution in [0.15, 0.2) is 42.6 Å². The van der Waals surface area contributed by atoms with Crippen LogP contribution in [0.25, 0.3) is 10.9 Å². The van der Waals surface area contributed by atoms with Crippen LogP contribution >= 0.6 is 11.3 Å². The zero-order chi connectivity index (χ0) is 17.4. The van der Waals surface area contributed by atoms with Crippen LogP contribution in [0, 0.1) is 0 Å². The lowest BCUT2D eigenvalue weighted by Gasteiger charge is -2.24. The van der Waals surface area contributed by atoms with E-state index in [2.05, 4.69) is 4.98 Å². The van der Waals surface area contributed by atoms with E-state index >= 15 is 0 Å². The van der Waals surface area contributed by atoms with Gasteiger partial charge in [-0.1, -0.05) is 18.2 Å². The van der Waals surface area contributed by atoms with Gasteiger partial charge in [-0.2, -0.15) is 0 Å². The van der Waals surface area contributed by atoms with Crippen molar-refractivity contribution < 1.29 is 14.7 Å². The molecular formula is C19H18N2O3S. The molecule has 0 spiro atoms. The van der Waals surface area contributed by atoms with Gasteiger partial charge in [0.05, 0.1) is 12.5 Å². The first kappa shape index (κ1) is 15.9. The second kappa shape index (κ2) is 6.37. The van der Waals surface area contributed by atoms with Crippen molar-refractivity contribution in [1.29, 1.82) is 0 Å². The lowest BCUT2D eigenvalue weighted by molar-refractivity contribution is -0.131. The number of carbonyl (C=O) groups is 2. The van der Waals surface area contributed by atoms with Gasteiger partial charge in [-0.05, 0) is 36.6 Å². The number of aromatic carboxylic acids is 1. The summed E-state index contributed by atoms with van der Waals surface area (Å²) in [5.41, 5.74) is 2.04. The van der Waals surface area contributed by atoms with Crippen molar-refractivity contribution in [2.24, 2.45) is 0 Å². The first-order valence-corrected chi connectivity index (χ1v) is 9.12. The predicted octanol–water partition coefficient (Wildman–Crippen LogP) is 3.83. The number of benzene rings is 1. The first-order chi connectivity index (χ1) is 12.1. The number of likely N-dealkylation sites (tertiary alicyclic amines) is 1. The van der Waals surface area contributed by atoms with Crippen LogP contribution in [0.3, 0.4) is 0 Å². The highest BCUT2D eigenvalue weighted by atomic mass is 32.1. The van der Waals surface area contributed by atoms with Crippen LogP contribution in [-0.2, 0) is 11.2 Å². The van der Waals surface area contributed by atoms with E-state index in [1.165, 1.54) is 11.3 Å². The van der Waals surface area contributed by atoms with E-state index < -0.39 is 5.97 Å². The second-order valence-corrected chi connectivity index (χ2v) is 7.40. The maximum absolute atomic E-state index is 12.9. The van der Waals surface area contributed by atoms with Gasteiger partial charge in [-0.25, -0.2) is 4.79 Å². The molecule has 0 saturated carbocycles. The molecule has 1 aliphatic rings. The van der Waals surface area contributed by atoms with Crippen molar-refractivity contribution >= 4 is 34.1 Å². The maximum Gasteiger partial charge on any atom is 0.345 e. The number of carboxylic acid groups (broad SMARTS) is 1. The van der Waals surface area contributed by atoms with Gasteiger partial charge in [0.1, 0.15) is 4.88 Å². The van der Waals surface area contributed by atoms with Crippen molar-refractivity contribution in [3.8, 4) is 0 Å². The number of amides is 1. The van der Waals surface area contributed by atoms with E-state index in [0.29, 0.717) is 11.3 Å². The number of aromatic nitrogens is 1. The monoisotopic (exact) mass is 354 g/mol. The third kappa shape index (κ3) is 2.93. The van der Waals surface area contributed by atoms with Gasteiger partial charge in [0.15, 0.2) is 0 Å². The molecule has 1 unspecified atom stereocenters. The lowest BCUT2D eigenvalue weighted by atomic mass is 10.1. The molecule has 6 heteroatoms. The van der Waals surface area contributed by atoms with Crippen LogP contribution in [0.5, 0.6) is 0 Å². The van der Waals surface area contributed by atoms with Crippen molar-refractivity contribution in [3.63, 3.8) is 0 Å². The Morgan fingerprint density at radius 2 is 2.08 bits per heavy atom. The first-order valence-electron chi connectivity index (χ1n) is 8.31. The second-order valence-electron chi connectivity index (χ2n) is 6.29. The molecule has 1 atom stereocenters. The summed E-state index contributed by atoms with van der Waals surface area (Å²) in [5, 5.41) is 10.2. The van der Waals surface area contributed by atoms with Crippen LogP contribution < -0.4 is 0 Å². The molecule has 2 aromatic heterocycles. The molecule has 1 amide bonds. The number of para-hydroxylation sites is 1. The minimum Gasteiger partial charge on any atom is -0.477 e. The van der Waals surface area contributed by atoms with Crippen molar-refractivity contribution in [1.82, 2.24) is 9.88 Å². The molecule has 1 aliphatic heterocycles. The summed E-state index contributed by atoms with van der Waals surface area (Å²) in [5.74, 6) is -0.816. The number of nitrogens with zero attached hydrogens (tertiary/aromatic N) is 1. The predicted molar refractivity (Wildman–Crippen MR) is 97.0 cm³/mol. The van der Waals surface area contributed by atoms with Gasteiger partial charge in [0, 0.05) is 28.5 Å². The Hall–Kier alpha value is -2.60. The van der Waals surface area contributed by atoms with Gasteiger partial charge >= 0.3 is 5.97 Å². The Bertz CT molecular complexity index is 943. The van der Waals surface area contributed by atoms with Gasteiger partial charge in [-0.15, -0.1) is 11.3 Å². The fourth-order valence-corrected chi connectivity index (χ4v) is 4.54. The van der Waals surface area contributed by atoms with Gasteiger partial charge in [0.2, 0.25) is 5.91 Å². The summed E-state index contributed by atoms with van der Waals surface area (Å²) in [6.07, 6.45) is 4.10. The molecule has 3 aromatic rings. The average Bonchev–Trinajstić information content (AvgIpc) is 3.34. The standard InChI is InChI=1S/C19H18N2O3S/c22-18(10-12-11-20-14-5-2-1-4-13(12)14)21-9-3-6-15(21)16-7-8-17(25-16)19(23)24/h1-2,4-5,7-8,11,15,20H,3,6,9-10H2,(H,23,24). The molecule has 1 aromatic carbocycles. The lowest BCUT2D eigenvalue weighted by Crippen LogP contribution is -2.31. The van der Waals surface area contributed by atoms with E-state index in [1.807, 2.05) is 41.4 Å². The fraction of sp³-hybridized carbons (Fsp3) is 0.263. The highest BCUT2D eigenvalue weighted by Gasteiger charge is 2.31. The average molecular weight is 354 g/mol. The molecule has 1 fully saturated rings. The summed E-state index contributed by atoms with van der Waals surface area (Å²) in [6, 6.07) is 11.4. The van der Waals surface area contributed by atoms with Crippen LogP contribution in [0.4, 0.5) is 0 Å². The number of hydrogen-bond acceptors (Lipinski definition) is 3. The van der Waals surface area contributed by atoms with Gasteiger partial charge < -0.3 is 15.0 Å². The summed E-state index contributed by atoms with van der Waals surface area (Å²) < 4.78 is 0. The summed E-state index contributed by atoms with van der Waals surface area (Å²) in [7, 11) is 0. The van der Waals surface area contributed by atoms with Crippen LogP contribution in [0.1, 0.15) is 39.0 Å². The van der Waals surface area contributed by atoms with E-state index in [-0.39, 0.29) is 11.9 Å². The third-order valence-electron chi connectivity index (χ3n) is 4.76. The molecule has 25 heavy (non-hydrogen) atoms. The molecule has 3 heterocycles. The fourth-order valence-electron chi connectivity index (χ4n) is 3.55. The number of thiophene rings is 1. The number of carboxylic acids is 1. The van der Waals surface area contributed by atoms with Crippen molar-refractivity contribution in [2.45, 2.75) is 25.3 Å². The SMILES string of the molecule is O=C(O)c1ccc(C2CCCN2C(=O)Cc2c[nH]c3ccccc23)s1. The molecule has 0 bridgehead atoms. The highest BCUT2D eigenvalue weighted by Crippen LogP contribution is 2.36. The molecule has 4 rings (SSSR count). The molecule has 128 valence electrons. The zero-order valence-electron chi connectivity index (χ0n) is 13.6. The third-order valence-corrected chi connectivity index (χ3v) is 5.93. The number of aromatic amines is 1. The molecule has 0 aliphatic carbocycles. The quantitative estimate of drug-likeness (QED) is 0.748. The molecule has 1 saturated heterocycles. The number of carbonyl (C=O) groups excluding carboxylic acids is 1. The van der Waals surface area contributed by atoms with Gasteiger partial charge in [0.25, 0.3) is 0 Å². The Labute approximate surface area is 148 Å². The van der Waals surface area contributed by atoms with E-state index in [1.54, 1.807) is 6.07 Å². The summed E-state index contributed by atoms with van der Waals surface area (Å²) in [4.78, 5) is 30.4. The smallest absolute Gasteiger partial charge is 0.345 e. The molecule has 2 N–H and O–H groups in total. The number of rotatable bonds is 4. The minimum atomic E-state index is -0.911. The van der Waals surface area contributed by atoms with Crippen molar-refractivity contribution in [3.05, 3.63) is 57.9 Å². The minimum absolute atomic E-state index is 0.00388. The summed E-state index contributed by atoms with van der Waals surface area (Å²) in [6.45, 7) is 0.728. The Kier molecular flexibility index (Phi) is 4.05. The van der Waals surface area contributed by atoms with Crippen LogP contribution in [0.2, 0.25) is 0 Å². The number of H-pyrrole nitrogens is 1. The number of hydrogen-bond donors (Lipinski definition) is 2. The largest absolute Gasteiger partial charge is 0.477 e. The van der Waals surface area contributed by atoms with E-state index in [4.69, 9.17) is 5.11 Å². The highest BCUT2D eigenvalue weighted by molar-refractivity contribution is 7.14. The van der Waals surface area contributed by atoms with E-state index in [9.17, 15) is 9.59 Å². The van der Waals surface area contributed by atoms with Crippen molar-refractivity contribution in [2.75, 3.05) is 6.54 Å². The molecule has 0 radical (unpaired) electrons. The Morgan fingerprint density at radius 1 is 1.24 bits per heavy atom. The Morgan fingerprint density at radius 3 is 2.88 bits per heavy atom. The zero-order valence-corrected chi connectivity index (χ0v) is 14.4. The van der Waals surface area contributed by atoms with E-state index in [0.717, 1.165) is 40.7 Å².